The lowest BCUT2D eigenvalue weighted by molar-refractivity contribution is -0.137. The molecule has 113 valence electrons. The fourth-order valence-corrected chi connectivity index (χ4v) is 3.28. The van der Waals surface area contributed by atoms with Crippen molar-refractivity contribution < 1.29 is 22.7 Å². The standard InChI is InChI=1S/C14H15FNO4S/c1-4-11-5-6-12(7-13(11)15)21(19,20)16(8-10(2)3)9-14(17)18/h5-7,10H,8-9H2,2-3H3,(H,17,18). The van der Waals surface area contributed by atoms with E-state index in [1.54, 1.807) is 13.8 Å². The Labute approximate surface area is 123 Å². The second kappa shape index (κ2) is 6.70. The third-order valence-corrected chi connectivity index (χ3v) is 4.40. The molecule has 7 heteroatoms. The first-order chi connectivity index (χ1) is 9.68. The molecular weight excluding hydrogens is 297 g/mol. The summed E-state index contributed by atoms with van der Waals surface area (Å²) >= 11 is 0. The van der Waals surface area contributed by atoms with E-state index < -0.39 is 28.4 Å². The number of hydrogen-bond acceptors (Lipinski definition) is 3. The zero-order chi connectivity index (χ0) is 16.2. The van der Waals surface area contributed by atoms with Gasteiger partial charge in [0.15, 0.2) is 0 Å². The Balaban J connectivity index is 3.25. The SMILES string of the molecule is [C]#Cc1ccc(S(=O)(=O)N(CC(=O)O)CC(C)C)cc1F. The molecule has 1 aromatic rings. The summed E-state index contributed by atoms with van der Waals surface area (Å²) in [5.74, 6) is -0.430. The first-order valence-electron chi connectivity index (χ1n) is 6.12. The van der Waals surface area contributed by atoms with Crippen molar-refractivity contribution >= 4 is 16.0 Å². The van der Waals surface area contributed by atoms with E-state index in [0.29, 0.717) is 0 Å². The van der Waals surface area contributed by atoms with E-state index in [1.165, 1.54) is 0 Å². The molecule has 0 aliphatic rings. The lowest BCUT2D eigenvalue weighted by atomic mass is 10.2. The Bertz CT molecular complexity index is 677. The number of carboxylic acids is 1. The van der Waals surface area contributed by atoms with Crippen LogP contribution < -0.4 is 0 Å². The Hall–Kier alpha value is -1.91. The predicted octanol–water partition coefficient (Wildman–Crippen LogP) is 1.49. The second-order valence-electron chi connectivity index (χ2n) is 4.85. The lowest BCUT2D eigenvalue weighted by Gasteiger charge is -2.22. The minimum Gasteiger partial charge on any atom is -0.480 e. The Morgan fingerprint density at radius 3 is 2.52 bits per heavy atom. The van der Waals surface area contributed by atoms with Crippen molar-refractivity contribution in [2.75, 3.05) is 13.1 Å². The van der Waals surface area contributed by atoms with E-state index in [4.69, 9.17) is 11.5 Å². The molecule has 1 N–H and O–H groups in total. The maximum absolute atomic E-state index is 13.6. The summed E-state index contributed by atoms with van der Waals surface area (Å²) in [7, 11) is -4.12. The molecule has 0 atom stereocenters. The molecule has 0 amide bonds. The van der Waals surface area contributed by atoms with Crippen LogP contribution in [0.15, 0.2) is 23.1 Å². The van der Waals surface area contributed by atoms with Gasteiger partial charge in [-0.05, 0) is 36.5 Å². The maximum atomic E-state index is 13.6. The van der Waals surface area contributed by atoms with Gasteiger partial charge in [0, 0.05) is 6.54 Å². The number of hydrogen-bond donors (Lipinski definition) is 1. The van der Waals surface area contributed by atoms with Gasteiger partial charge in [0.25, 0.3) is 0 Å². The topological polar surface area (TPSA) is 74.7 Å². The van der Waals surface area contributed by atoms with Crippen LogP contribution in [0.25, 0.3) is 0 Å². The van der Waals surface area contributed by atoms with Crippen molar-refractivity contribution in [1.82, 2.24) is 4.31 Å². The van der Waals surface area contributed by atoms with E-state index in [9.17, 15) is 17.6 Å². The molecule has 0 aliphatic carbocycles. The number of sulfonamides is 1. The van der Waals surface area contributed by atoms with Crippen LogP contribution in [0.1, 0.15) is 19.4 Å². The molecule has 21 heavy (non-hydrogen) atoms. The van der Waals surface area contributed by atoms with Gasteiger partial charge in [-0.2, -0.15) is 4.31 Å². The molecule has 0 unspecified atom stereocenters. The smallest absolute Gasteiger partial charge is 0.318 e. The summed E-state index contributed by atoms with van der Waals surface area (Å²) < 4.78 is 39.1. The van der Waals surface area contributed by atoms with Crippen LogP contribution in [0.4, 0.5) is 4.39 Å². The Kier molecular flexibility index (Phi) is 5.47. The minimum absolute atomic E-state index is 0.00863. The lowest BCUT2D eigenvalue weighted by Crippen LogP contribution is -2.38. The highest BCUT2D eigenvalue weighted by atomic mass is 32.2. The normalized spacial score (nSPS) is 11.6. The fourth-order valence-electron chi connectivity index (χ4n) is 1.71. The molecule has 0 fully saturated rings. The predicted molar refractivity (Wildman–Crippen MR) is 73.9 cm³/mol. The summed E-state index contributed by atoms with van der Waals surface area (Å²) in [6.07, 6.45) is 6.85. The summed E-state index contributed by atoms with van der Waals surface area (Å²) in [5.41, 5.74) is -0.164. The molecule has 5 nitrogen and oxygen atoms in total. The quantitative estimate of drug-likeness (QED) is 0.808. The summed E-state index contributed by atoms with van der Waals surface area (Å²) in [5, 5.41) is 8.83. The summed E-state index contributed by atoms with van der Waals surface area (Å²) in [4.78, 5) is 10.5. The number of rotatable bonds is 6. The monoisotopic (exact) mass is 312 g/mol. The first-order valence-corrected chi connectivity index (χ1v) is 7.56. The van der Waals surface area contributed by atoms with Crippen LogP contribution in [0.2, 0.25) is 0 Å². The molecule has 0 aliphatic heterocycles. The zero-order valence-electron chi connectivity index (χ0n) is 11.6. The van der Waals surface area contributed by atoms with Crippen LogP contribution in [0.5, 0.6) is 0 Å². The van der Waals surface area contributed by atoms with Gasteiger partial charge in [-0.15, -0.1) is 0 Å². The molecule has 1 rings (SSSR count). The Morgan fingerprint density at radius 2 is 2.10 bits per heavy atom. The molecule has 1 radical (unpaired) electrons. The Morgan fingerprint density at radius 1 is 1.48 bits per heavy atom. The number of aliphatic carboxylic acids is 1. The van der Waals surface area contributed by atoms with E-state index in [-0.39, 0.29) is 22.9 Å². The molecule has 0 aromatic heterocycles. The van der Waals surface area contributed by atoms with E-state index in [0.717, 1.165) is 22.5 Å². The van der Waals surface area contributed by atoms with Crippen molar-refractivity contribution in [2.24, 2.45) is 5.92 Å². The fraction of sp³-hybridized carbons (Fsp3) is 0.357. The third kappa shape index (κ3) is 4.28. The van der Waals surface area contributed by atoms with Gasteiger partial charge >= 0.3 is 5.97 Å². The number of nitrogens with zero attached hydrogens (tertiary/aromatic N) is 1. The number of benzene rings is 1. The number of carboxylic acid groups (broad SMARTS) is 1. The highest BCUT2D eigenvalue weighted by molar-refractivity contribution is 7.89. The highest BCUT2D eigenvalue weighted by Gasteiger charge is 2.27. The van der Waals surface area contributed by atoms with Gasteiger partial charge in [-0.1, -0.05) is 13.8 Å². The van der Waals surface area contributed by atoms with Crippen LogP contribution in [0, 0.1) is 24.1 Å². The molecule has 0 saturated heterocycles. The summed E-state index contributed by atoms with van der Waals surface area (Å²) in [6, 6.07) is 3.01. The van der Waals surface area contributed by atoms with Crippen LogP contribution in [-0.2, 0) is 14.8 Å². The van der Waals surface area contributed by atoms with Crippen molar-refractivity contribution in [3.05, 3.63) is 36.0 Å². The molecule has 0 spiro atoms. The average Bonchev–Trinajstić information content (AvgIpc) is 2.36. The molecule has 1 aromatic carbocycles. The van der Waals surface area contributed by atoms with E-state index in [1.807, 2.05) is 5.92 Å². The summed E-state index contributed by atoms with van der Waals surface area (Å²) in [6.45, 7) is 2.81. The molecule has 0 heterocycles. The van der Waals surface area contributed by atoms with Crippen molar-refractivity contribution in [3.63, 3.8) is 0 Å². The molecule has 0 saturated carbocycles. The average molecular weight is 312 g/mol. The van der Waals surface area contributed by atoms with Crippen LogP contribution >= 0.6 is 0 Å². The third-order valence-electron chi connectivity index (χ3n) is 2.59. The molecular formula is C14H15FNO4S. The van der Waals surface area contributed by atoms with Gasteiger partial charge in [-0.25, -0.2) is 12.8 Å². The maximum Gasteiger partial charge on any atom is 0.318 e. The van der Waals surface area contributed by atoms with Gasteiger partial charge in [0.2, 0.25) is 10.0 Å². The van der Waals surface area contributed by atoms with Gasteiger partial charge in [0.1, 0.15) is 12.4 Å². The highest BCUT2D eigenvalue weighted by Crippen LogP contribution is 2.19. The number of carbonyl (C=O) groups is 1. The largest absolute Gasteiger partial charge is 0.480 e. The zero-order valence-corrected chi connectivity index (χ0v) is 12.4. The van der Waals surface area contributed by atoms with Crippen LogP contribution in [0.3, 0.4) is 0 Å². The van der Waals surface area contributed by atoms with E-state index in [2.05, 4.69) is 0 Å². The van der Waals surface area contributed by atoms with Crippen LogP contribution in [-0.4, -0.2) is 36.9 Å². The minimum atomic E-state index is -4.12. The first kappa shape index (κ1) is 17.1. The van der Waals surface area contributed by atoms with Gasteiger partial charge in [-0.3, -0.25) is 4.79 Å². The van der Waals surface area contributed by atoms with E-state index >= 15 is 0 Å². The van der Waals surface area contributed by atoms with Gasteiger partial charge < -0.3 is 5.11 Å². The second-order valence-corrected chi connectivity index (χ2v) is 6.79. The van der Waals surface area contributed by atoms with Crippen molar-refractivity contribution in [2.45, 2.75) is 18.7 Å². The van der Waals surface area contributed by atoms with Crippen molar-refractivity contribution in [1.29, 1.82) is 0 Å². The van der Waals surface area contributed by atoms with Gasteiger partial charge in [0.05, 0.1) is 10.5 Å². The van der Waals surface area contributed by atoms with Crippen molar-refractivity contribution in [3.8, 4) is 5.92 Å². The molecule has 0 bridgehead atoms. The number of halogens is 1.